The standard InChI is InChI=1S/C12H20N2O3/c1-8-7-9(8)13-11(17)14-6-4-3-5-12(14,2)10(15)16/h8-9H,3-7H2,1-2H3,(H,13,17)(H,15,16). The first kappa shape index (κ1) is 12.2. The van der Waals surface area contributed by atoms with Gasteiger partial charge in [0, 0.05) is 12.6 Å². The number of carbonyl (C=O) groups excluding carboxylic acids is 1. The molecule has 3 atom stereocenters. The van der Waals surface area contributed by atoms with Crippen molar-refractivity contribution in [1.29, 1.82) is 0 Å². The lowest BCUT2D eigenvalue weighted by atomic mass is 9.89. The van der Waals surface area contributed by atoms with Gasteiger partial charge < -0.3 is 15.3 Å². The normalized spacial score (nSPS) is 36.5. The summed E-state index contributed by atoms with van der Waals surface area (Å²) in [6, 6.07) is 0.0198. The molecule has 1 saturated heterocycles. The van der Waals surface area contributed by atoms with E-state index >= 15 is 0 Å². The van der Waals surface area contributed by atoms with Crippen LogP contribution in [0.3, 0.4) is 0 Å². The molecule has 3 unspecified atom stereocenters. The van der Waals surface area contributed by atoms with Crippen molar-refractivity contribution in [3.63, 3.8) is 0 Å². The Morgan fingerprint density at radius 2 is 2.06 bits per heavy atom. The molecule has 17 heavy (non-hydrogen) atoms. The van der Waals surface area contributed by atoms with E-state index in [9.17, 15) is 14.7 Å². The largest absolute Gasteiger partial charge is 0.480 e. The molecular weight excluding hydrogens is 220 g/mol. The van der Waals surface area contributed by atoms with Gasteiger partial charge in [0.25, 0.3) is 0 Å². The fourth-order valence-corrected chi connectivity index (χ4v) is 2.43. The number of aliphatic carboxylic acids is 1. The molecule has 1 saturated carbocycles. The van der Waals surface area contributed by atoms with Crippen LogP contribution in [0.15, 0.2) is 0 Å². The van der Waals surface area contributed by atoms with Crippen molar-refractivity contribution in [3.05, 3.63) is 0 Å². The summed E-state index contributed by atoms with van der Waals surface area (Å²) < 4.78 is 0. The molecule has 0 aromatic carbocycles. The van der Waals surface area contributed by atoms with Crippen LogP contribution in [0.1, 0.15) is 39.5 Å². The number of piperidine rings is 1. The lowest BCUT2D eigenvalue weighted by Crippen LogP contribution is -2.60. The summed E-state index contributed by atoms with van der Waals surface area (Å²) in [7, 11) is 0. The van der Waals surface area contributed by atoms with Gasteiger partial charge >= 0.3 is 12.0 Å². The van der Waals surface area contributed by atoms with Crippen LogP contribution < -0.4 is 5.32 Å². The average Bonchev–Trinajstić information content (AvgIpc) is 2.94. The van der Waals surface area contributed by atoms with Crippen molar-refractivity contribution in [2.45, 2.75) is 51.1 Å². The predicted octanol–water partition coefficient (Wildman–Crippen LogP) is 1.43. The van der Waals surface area contributed by atoms with E-state index < -0.39 is 11.5 Å². The van der Waals surface area contributed by atoms with Crippen LogP contribution in [0, 0.1) is 5.92 Å². The molecule has 0 bridgehead atoms. The number of nitrogens with zero attached hydrogens (tertiary/aromatic N) is 1. The highest BCUT2D eigenvalue weighted by Crippen LogP contribution is 2.32. The van der Waals surface area contributed by atoms with Crippen LogP contribution in [0.25, 0.3) is 0 Å². The summed E-state index contributed by atoms with van der Waals surface area (Å²) in [5.41, 5.74) is -1.04. The fraction of sp³-hybridized carbons (Fsp3) is 0.833. The maximum absolute atomic E-state index is 12.1. The molecule has 0 spiro atoms. The molecule has 2 fully saturated rings. The zero-order chi connectivity index (χ0) is 12.6. The second-order valence-corrected chi connectivity index (χ2v) is 5.46. The van der Waals surface area contributed by atoms with Crippen molar-refractivity contribution in [2.24, 2.45) is 5.92 Å². The Bertz CT molecular complexity index is 345. The molecule has 5 nitrogen and oxygen atoms in total. The number of likely N-dealkylation sites (tertiary alicyclic amines) is 1. The molecule has 0 aromatic rings. The third-order valence-electron chi connectivity index (χ3n) is 4.02. The van der Waals surface area contributed by atoms with Gasteiger partial charge in [-0.15, -0.1) is 0 Å². The van der Waals surface area contributed by atoms with Gasteiger partial charge in [0.05, 0.1) is 0 Å². The van der Waals surface area contributed by atoms with Gasteiger partial charge in [-0.05, 0) is 38.5 Å². The van der Waals surface area contributed by atoms with Gasteiger partial charge in [-0.2, -0.15) is 0 Å². The quantitative estimate of drug-likeness (QED) is 0.767. The van der Waals surface area contributed by atoms with Crippen LogP contribution in [-0.4, -0.2) is 40.1 Å². The molecule has 5 heteroatoms. The number of carboxylic acids is 1. The number of hydrogen-bond acceptors (Lipinski definition) is 2. The first-order chi connectivity index (χ1) is 7.95. The zero-order valence-corrected chi connectivity index (χ0v) is 10.4. The SMILES string of the molecule is CC1CC1NC(=O)N1CCCCC1(C)C(=O)O. The summed E-state index contributed by atoms with van der Waals surface area (Å²) in [5.74, 6) is -0.379. The summed E-state index contributed by atoms with van der Waals surface area (Å²) >= 11 is 0. The third-order valence-corrected chi connectivity index (χ3v) is 4.02. The Hall–Kier alpha value is -1.26. The molecule has 1 aliphatic carbocycles. The van der Waals surface area contributed by atoms with E-state index in [1.165, 1.54) is 4.90 Å². The molecular formula is C12H20N2O3. The van der Waals surface area contributed by atoms with Crippen LogP contribution in [0.4, 0.5) is 4.79 Å². The number of nitrogens with one attached hydrogen (secondary N) is 1. The second kappa shape index (κ2) is 4.20. The molecule has 0 aromatic heterocycles. The van der Waals surface area contributed by atoms with E-state index in [2.05, 4.69) is 12.2 Å². The van der Waals surface area contributed by atoms with Crippen molar-refractivity contribution in [2.75, 3.05) is 6.54 Å². The van der Waals surface area contributed by atoms with Gasteiger partial charge in [0.1, 0.15) is 5.54 Å². The highest BCUT2D eigenvalue weighted by atomic mass is 16.4. The first-order valence-corrected chi connectivity index (χ1v) is 6.26. The maximum atomic E-state index is 12.1. The smallest absolute Gasteiger partial charge is 0.329 e. The van der Waals surface area contributed by atoms with E-state index in [-0.39, 0.29) is 12.1 Å². The Morgan fingerprint density at radius 1 is 1.41 bits per heavy atom. The molecule has 1 heterocycles. The van der Waals surface area contributed by atoms with E-state index in [4.69, 9.17) is 0 Å². The first-order valence-electron chi connectivity index (χ1n) is 6.26. The number of rotatable bonds is 2. The minimum absolute atomic E-state index is 0.219. The Balaban J connectivity index is 2.05. The van der Waals surface area contributed by atoms with Gasteiger partial charge in [0.15, 0.2) is 0 Å². The number of hydrogen-bond donors (Lipinski definition) is 2. The van der Waals surface area contributed by atoms with Crippen molar-refractivity contribution < 1.29 is 14.7 Å². The second-order valence-electron chi connectivity index (χ2n) is 5.46. The number of urea groups is 1. The lowest BCUT2D eigenvalue weighted by molar-refractivity contribution is -0.150. The Kier molecular flexibility index (Phi) is 3.02. The highest BCUT2D eigenvalue weighted by Gasteiger charge is 2.45. The van der Waals surface area contributed by atoms with Crippen molar-refractivity contribution >= 4 is 12.0 Å². The lowest BCUT2D eigenvalue weighted by Gasteiger charge is -2.41. The summed E-state index contributed by atoms with van der Waals surface area (Å²) in [4.78, 5) is 24.9. The summed E-state index contributed by atoms with van der Waals surface area (Å²) in [6.45, 7) is 4.26. The van der Waals surface area contributed by atoms with Gasteiger partial charge in [-0.25, -0.2) is 9.59 Å². The molecule has 96 valence electrons. The third kappa shape index (κ3) is 2.23. The molecule has 2 aliphatic rings. The Morgan fingerprint density at radius 3 is 2.59 bits per heavy atom. The van der Waals surface area contributed by atoms with Crippen molar-refractivity contribution in [3.8, 4) is 0 Å². The predicted molar refractivity (Wildman–Crippen MR) is 62.7 cm³/mol. The topological polar surface area (TPSA) is 69.6 Å². The molecule has 2 rings (SSSR count). The van der Waals surface area contributed by atoms with Crippen LogP contribution in [-0.2, 0) is 4.79 Å². The number of amides is 2. The summed E-state index contributed by atoms with van der Waals surface area (Å²) in [6.07, 6.45) is 3.29. The van der Waals surface area contributed by atoms with Crippen molar-refractivity contribution in [1.82, 2.24) is 10.2 Å². The number of carbonyl (C=O) groups is 2. The molecule has 2 amide bonds. The van der Waals surface area contributed by atoms with Crippen LogP contribution >= 0.6 is 0 Å². The molecule has 0 radical (unpaired) electrons. The van der Waals surface area contributed by atoms with E-state index in [1.807, 2.05) is 0 Å². The summed E-state index contributed by atoms with van der Waals surface area (Å²) in [5, 5.41) is 12.2. The maximum Gasteiger partial charge on any atom is 0.329 e. The molecule has 2 N–H and O–H groups in total. The van der Waals surface area contributed by atoms with Gasteiger partial charge in [-0.1, -0.05) is 6.92 Å². The van der Waals surface area contributed by atoms with Gasteiger partial charge in [-0.3, -0.25) is 0 Å². The monoisotopic (exact) mass is 240 g/mol. The van der Waals surface area contributed by atoms with Crippen LogP contribution in [0.5, 0.6) is 0 Å². The van der Waals surface area contributed by atoms with Crippen LogP contribution in [0.2, 0.25) is 0 Å². The average molecular weight is 240 g/mol. The fourth-order valence-electron chi connectivity index (χ4n) is 2.43. The minimum Gasteiger partial charge on any atom is -0.480 e. The minimum atomic E-state index is -1.04. The van der Waals surface area contributed by atoms with Gasteiger partial charge in [0.2, 0.25) is 0 Å². The highest BCUT2D eigenvalue weighted by molar-refractivity contribution is 5.86. The van der Waals surface area contributed by atoms with E-state index in [0.717, 1.165) is 19.3 Å². The number of carboxylic acid groups (broad SMARTS) is 1. The Labute approximate surface area is 101 Å². The molecule has 1 aliphatic heterocycles. The van der Waals surface area contributed by atoms with E-state index in [1.54, 1.807) is 6.92 Å². The zero-order valence-electron chi connectivity index (χ0n) is 10.4. The van der Waals surface area contributed by atoms with E-state index in [0.29, 0.717) is 18.9 Å².